The molecule has 2 rings (SSSR count). The standard InChI is InChI=1S/C13H11BrN2O3/c14-8-2-1-3-9(4-8)15-13(19)16-10-5-11(17)7-12(18)6-10/h1-7,17-18H,(H2,15,16,19). The van der Waals surface area contributed by atoms with Crippen LogP contribution < -0.4 is 10.6 Å². The molecular formula is C13H11BrN2O3. The normalized spacial score (nSPS) is 9.95. The minimum Gasteiger partial charge on any atom is -0.508 e. The predicted octanol–water partition coefficient (Wildman–Crippen LogP) is 3.50. The van der Waals surface area contributed by atoms with Gasteiger partial charge in [0.25, 0.3) is 0 Å². The van der Waals surface area contributed by atoms with Gasteiger partial charge >= 0.3 is 6.03 Å². The topological polar surface area (TPSA) is 81.6 Å². The Kier molecular flexibility index (Phi) is 3.91. The maximum atomic E-state index is 11.7. The molecule has 5 nitrogen and oxygen atoms in total. The summed E-state index contributed by atoms with van der Waals surface area (Å²) in [6.45, 7) is 0. The zero-order valence-corrected chi connectivity index (χ0v) is 11.3. The van der Waals surface area contributed by atoms with Gasteiger partial charge in [0.2, 0.25) is 0 Å². The highest BCUT2D eigenvalue weighted by Gasteiger charge is 2.05. The number of rotatable bonds is 2. The maximum absolute atomic E-state index is 11.7. The molecule has 0 spiro atoms. The van der Waals surface area contributed by atoms with Crippen molar-refractivity contribution in [1.29, 1.82) is 0 Å². The van der Waals surface area contributed by atoms with E-state index in [9.17, 15) is 15.0 Å². The molecule has 6 heteroatoms. The van der Waals surface area contributed by atoms with Crippen LogP contribution in [0.25, 0.3) is 0 Å². The second kappa shape index (κ2) is 5.62. The maximum Gasteiger partial charge on any atom is 0.323 e. The van der Waals surface area contributed by atoms with Crippen LogP contribution in [0, 0.1) is 0 Å². The van der Waals surface area contributed by atoms with Crippen LogP contribution in [-0.2, 0) is 0 Å². The fraction of sp³-hybridized carbons (Fsp3) is 0. The molecule has 2 amide bonds. The molecule has 0 unspecified atom stereocenters. The Labute approximate surface area is 118 Å². The first-order chi connectivity index (χ1) is 9.02. The summed E-state index contributed by atoms with van der Waals surface area (Å²) in [6.07, 6.45) is 0. The van der Waals surface area contributed by atoms with E-state index >= 15 is 0 Å². The third-order valence-electron chi connectivity index (χ3n) is 2.24. The lowest BCUT2D eigenvalue weighted by molar-refractivity contribution is 0.262. The third kappa shape index (κ3) is 3.89. The number of carbonyl (C=O) groups excluding carboxylic acids is 1. The summed E-state index contributed by atoms with van der Waals surface area (Å²) < 4.78 is 0.848. The van der Waals surface area contributed by atoms with Crippen LogP contribution in [-0.4, -0.2) is 16.2 Å². The molecule has 98 valence electrons. The molecule has 0 aromatic heterocycles. The molecule has 2 aromatic rings. The fourth-order valence-electron chi connectivity index (χ4n) is 1.53. The van der Waals surface area contributed by atoms with E-state index in [-0.39, 0.29) is 11.5 Å². The van der Waals surface area contributed by atoms with Crippen molar-refractivity contribution in [2.45, 2.75) is 0 Å². The second-order valence-electron chi connectivity index (χ2n) is 3.83. The monoisotopic (exact) mass is 322 g/mol. The van der Waals surface area contributed by atoms with Crippen molar-refractivity contribution in [3.63, 3.8) is 0 Å². The molecule has 4 N–H and O–H groups in total. The zero-order valence-electron chi connectivity index (χ0n) is 9.72. The number of aromatic hydroxyl groups is 2. The van der Waals surface area contributed by atoms with Crippen molar-refractivity contribution in [1.82, 2.24) is 0 Å². The van der Waals surface area contributed by atoms with E-state index in [2.05, 4.69) is 26.6 Å². The summed E-state index contributed by atoms with van der Waals surface area (Å²) in [5.41, 5.74) is 0.918. The minimum atomic E-state index is -0.469. The SMILES string of the molecule is O=C(Nc1cc(O)cc(O)c1)Nc1cccc(Br)c1. The van der Waals surface area contributed by atoms with Gasteiger partial charge in [-0.15, -0.1) is 0 Å². The molecule has 0 radical (unpaired) electrons. The Morgan fingerprint density at radius 1 is 0.947 bits per heavy atom. The van der Waals surface area contributed by atoms with Gasteiger partial charge in [-0.3, -0.25) is 0 Å². The van der Waals surface area contributed by atoms with Gasteiger partial charge in [0, 0.05) is 34.0 Å². The first-order valence-corrected chi connectivity index (χ1v) is 6.19. The van der Waals surface area contributed by atoms with Crippen molar-refractivity contribution in [3.8, 4) is 11.5 Å². The molecule has 0 bridgehead atoms. The van der Waals surface area contributed by atoms with Crippen LogP contribution in [0.3, 0.4) is 0 Å². The van der Waals surface area contributed by atoms with Gasteiger partial charge in [0.05, 0.1) is 0 Å². The average Bonchev–Trinajstić information content (AvgIpc) is 2.26. The molecule has 0 heterocycles. The van der Waals surface area contributed by atoms with Gasteiger partial charge in [0.15, 0.2) is 0 Å². The van der Waals surface area contributed by atoms with Crippen molar-refractivity contribution in [3.05, 3.63) is 46.9 Å². The molecule has 0 aliphatic rings. The quantitative estimate of drug-likeness (QED) is 0.683. The number of anilines is 2. The largest absolute Gasteiger partial charge is 0.508 e. The summed E-state index contributed by atoms with van der Waals surface area (Å²) in [6, 6.07) is 10.5. The van der Waals surface area contributed by atoms with Crippen LogP contribution in [0.15, 0.2) is 46.9 Å². The Bertz CT molecular complexity index is 596. The molecule has 19 heavy (non-hydrogen) atoms. The minimum absolute atomic E-state index is 0.127. The van der Waals surface area contributed by atoms with Gasteiger partial charge < -0.3 is 20.8 Å². The Hall–Kier alpha value is -2.21. The number of phenolic OH excluding ortho intramolecular Hbond substituents is 2. The first kappa shape index (κ1) is 13.2. The lowest BCUT2D eigenvalue weighted by Crippen LogP contribution is -2.19. The van der Waals surface area contributed by atoms with Gasteiger partial charge in [0.1, 0.15) is 11.5 Å². The highest BCUT2D eigenvalue weighted by Crippen LogP contribution is 2.24. The van der Waals surface area contributed by atoms with Crippen LogP contribution >= 0.6 is 15.9 Å². The van der Waals surface area contributed by atoms with Gasteiger partial charge in [-0.2, -0.15) is 0 Å². The lowest BCUT2D eigenvalue weighted by Gasteiger charge is -2.08. The number of hydrogen-bond acceptors (Lipinski definition) is 3. The van der Waals surface area contributed by atoms with Gasteiger partial charge in [-0.1, -0.05) is 22.0 Å². The number of hydrogen-bond donors (Lipinski definition) is 4. The van der Waals surface area contributed by atoms with E-state index in [1.807, 2.05) is 6.07 Å². The predicted molar refractivity (Wildman–Crippen MR) is 76.6 cm³/mol. The summed E-state index contributed by atoms with van der Waals surface area (Å²) >= 11 is 3.30. The fourth-order valence-corrected chi connectivity index (χ4v) is 1.93. The molecule has 0 fully saturated rings. The van der Waals surface area contributed by atoms with Crippen LogP contribution in [0.4, 0.5) is 16.2 Å². The summed E-state index contributed by atoms with van der Waals surface area (Å²) in [5, 5.41) is 23.7. The highest BCUT2D eigenvalue weighted by atomic mass is 79.9. The number of amides is 2. The van der Waals surface area contributed by atoms with Gasteiger partial charge in [-0.05, 0) is 18.2 Å². The van der Waals surface area contributed by atoms with Gasteiger partial charge in [-0.25, -0.2) is 4.79 Å². The number of benzene rings is 2. The van der Waals surface area contributed by atoms with Crippen molar-refractivity contribution < 1.29 is 15.0 Å². The Balaban J connectivity index is 2.05. The zero-order chi connectivity index (χ0) is 13.8. The van der Waals surface area contributed by atoms with E-state index in [4.69, 9.17) is 0 Å². The number of nitrogens with one attached hydrogen (secondary N) is 2. The van der Waals surface area contributed by atoms with Crippen molar-refractivity contribution >= 4 is 33.3 Å². The van der Waals surface area contributed by atoms with Crippen molar-refractivity contribution in [2.75, 3.05) is 10.6 Å². The molecule has 0 saturated carbocycles. The Morgan fingerprint density at radius 3 is 2.21 bits per heavy atom. The van der Waals surface area contributed by atoms with Crippen LogP contribution in [0.1, 0.15) is 0 Å². The Morgan fingerprint density at radius 2 is 1.58 bits per heavy atom. The number of halogens is 1. The number of phenols is 2. The summed E-state index contributed by atoms with van der Waals surface area (Å²) in [7, 11) is 0. The highest BCUT2D eigenvalue weighted by molar-refractivity contribution is 9.10. The molecular weight excluding hydrogens is 312 g/mol. The second-order valence-corrected chi connectivity index (χ2v) is 4.74. The van der Waals surface area contributed by atoms with Crippen LogP contribution in [0.2, 0.25) is 0 Å². The first-order valence-electron chi connectivity index (χ1n) is 5.39. The third-order valence-corrected chi connectivity index (χ3v) is 2.74. The molecule has 0 saturated heterocycles. The molecule has 0 atom stereocenters. The van der Waals surface area contributed by atoms with E-state index in [1.165, 1.54) is 18.2 Å². The van der Waals surface area contributed by atoms with Crippen molar-refractivity contribution in [2.24, 2.45) is 0 Å². The summed E-state index contributed by atoms with van der Waals surface area (Å²) in [5.74, 6) is -0.254. The molecule has 0 aliphatic carbocycles. The number of carbonyl (C=O) groups is 1. The smallest absolute Gasteiger partial charge is 0.323 e. The molecule has 2 aromatic carbocycles. The summed E-state index contributed by atoms with van der Waals surface area (Å²) in [4.78, 5) is 11.7. The van der Waals surface area contributed by atoms with Crippen LogP contribution in [0.5, 0.6) is 11.5 Å². The average molecular weight is 323 g/mol. The van der Waals surface area contributed by atoms with E-state index in [0.717, 1.165) is 4.47 Å². The van der Waals surface area contributed by atoms with E-state index in [1.54, 1.807) is 18.2 Å². The number of urea groups is 1. The molecule has 0 aliphatic heterocycles. The van der Waals surface area contributed by atoms with E-state index < -0.39 is 6.03 Å². The van der Waals surface area contributed by atoms with E-state index in [0.29, 0.717) is 11.4 Å². The lowest BCUT2D eigenvalue weighted by atomic mass is 10.3.